The number of aliphatic imine (C=N–C) groups is 1. The Bertz CT molecular complexity index is 705. The topological polar surface area (TPSA) is 82.0 Å². The lowest BCUT2D eigenvalue weighted by molar-refractivity contribution is 0.219. The molecule has 112 valence electrons. The molecule has 0 spiro atoms. The fourth-order valence-corrected chi connectivity index (χ4v) is 3.67. The number of benzene rings is 1. The Morgan fingerprint density at radius 3 is 2.52 bits per heavy atom. The van der Waals surface area contributed by atoms with E-state index in [1.54, 1.807) is 18.2 Å². The molecule has 0 unspecified atom stereocenters. The van der Waals surface area contributed by atoms with Crippen LogP contribution in [0.4, 0.5) is 0 Å². The SMILES string of the molecule is COc1ccc(C2(N=C=O)CC2)cc1OC1CS(=O)(=O)C1. The van der Waals surface area contributed by atoms with Crippen molar-refractivity contribution in [1.82, 2.24) is 0 Å². The lowest BCUT2D eigenvalue weighted by Crippen LogP contribution is -2.45. The average molecular weight is 309 g/mol. The Kier molecular flexibility index (Phi) is 3.26. The molecule has 0 N–H and O–H groups in total. The third kappa shape index (κ3) is 2.66. The molecule has 6 nitrogen and oxygen atoms in total. The number of sulfone groups is 1. The minimum absolute atomic E-state index is 0.0258. The van der Waals surface area contributed by atoms with Gasteiger partial charge in [-0.2, -0.15) is 4.99 Å². The molecule has 0 bridgehead atoms. The summed E-state index contributed by atoms with van der Waals surface area (Å²) in [7, 11) is -1.42. The highest BCUT2D eigenvalue weighted by atomic mass is 32.2. The molecule has 0 aromatic heterocycles. The van der Waals surface area contributed by atoms with E-state index in [1.165, 1.54) is 7.11 Å². The molecule has 2 aliphatic rings. The number of nitrogens with zero attached hydrogens (tertiary/aromatic N) is 1. The smallest absolute Gasteiger partial charge is 0.235 e. The molecule has 0 radical (unpaired) electrons. The van der Waals surface area contributed by atoms with Gasteiger partial charge in [0.15, 0.2) is 21.3 Å². The van der Waals surface area contributed by atoms with Gasteiger partial charge in [-0.3, -0.25) is 0 Å². The van der Waals surface area contributed by atoms with Crippen LogP contribution in [0, 0.1) is 0 Å². The summed E-state index contributed by atoms with van der Waals surface area (Å²) in [5.74, 6) is 1.08. The van der Waals surface area contributed by atoms with Crippen molar-refractivity contribution in [3.63, 3.8) is 0 Å². The second-order valence-electron chi connectivity index (χ2n) is 5.42. The minimum atomic E-state index is -2.94. The van der Waals surface area contributed by atoms with Crippen LogP contribution in [-0.2, 0) is 20.2 Å². The van der Waals surface area contributed by atoms with Gasteiger partial charge in [0.25, 0.3) is 0 Å². The van der Waals surface area contributed by atoms with Crippen LogP contribution in [0.3, 0.4) is 0 Å². The summed E-state index contributed by atoms with van der Waals surface area (Å²) in [5.41, 5.74) is 0.376. The van der Waals surface area contributed by atoms with E-state index >= 15 is 0 Å². The van der Waals surface area contributed by atoms with Gasteiger partial charge >= 0.3 is 0 Å². The Labute approximate surface area is 122 Å². The van der Waals surface area contributed by atoms with Gasteiger partial charge in [0, 0.05) is 0 Å². The molecule has 0 atom stereocenters. The highest BCUT2D eigenvalue weighted by Gasteiger charge is 2.45. The molecule has 3 rings (SSSR count). The Hall–Kier alpha value is -1.85. The van der Waals surface area contributed by atoms with Crippen molar-refractivity contribution in [3.8, 4) is 11.5 Å². The Morgan fingerprint density at radius 2 is 2.00 bits per heavy atom. The monoisotopic (exact) mass is 309 g/mol. The maximum absolute atomic E-state index is 11.2. The highest BCUT2D eigenvalue weighted by Crippen LogP contribution is 2.50. The molecule has 21 heavy (non-hydrogen) atoms. The van der Waals surface area contributed by atoms with Crippen LogP contribution in [-0.4, -0.2) is 39.2 Å². The lowest BCUT2D eigenvalue weighted by Gasteiger charge is -2.27. The van der Waals surface area contributed by atoms with E-state index in [0.29, 0.717) is 11.5 Å². The van der Waals surface area contributed by atoms with E-state index in [4.69, 9.17) is 9.47 Å². The molecule has 1 aliphatic carbocycles. The normalized spacial score (nSPS) is 21.8. The zero-order valence-corrected chi connectivity index (χ0v) is 12.4. The van der Waals surface area contributed by atoms with Gasteiger partial charge in [-0.25, -0.2) is 13.2 Å². The molecular formula is C14H15NO5S. The summed E-state index contributed by atoms with van der Waals surface area (Å²) in [6.07, 6.45) is 2.87. The van der Waals surface area contributed by atoms with E-state index in [1.807, 2.05) is 6.07 Å². The summed E-state index contributed by atoms with van der Waals surface area (Å²) in [6.45, 7) is 0. The molecule has 7 heteroatoms. The van der Waals surface area contributed by atoms with Gasteiger partial charge < -0.3 is 9.47 Å². The number of carbonyl (C=O) groups excluding carboxylic acids is 1. The van der Waals surface area contributed by atoms with Crippen molar-refractivity contribution in [2.75, 3.05) is 18.6 Å². The molecule has 1 heterocycles. The Balaban J connectivity index is 1.86. The number of methoxy groups -OCH3 is 1. The maximum Gasteiger partial charge on any atom is 0.235 e. The molecule has 2 fully saturated rings. The predicted molar refractivity (Wildman–Crippen MR) is 75.1 cm³/mol. The van der Waals surface area contributed by atoms with Gasteiger partial charge in [0.2, 0.25) is 6.08 Å². The van der Waals surface area contributed by atoms with Crippen LogP contribution in [0.15, 0.2) is 23.2 Å². The van der Waals surface area contributed by atoms with Crippen LogP contribution in [0.2, 0.25) is 0 Å². The van der Waals surface area contributed by atoms with Crippen LogP contribution < -0.4 is 9.47 Å². The van der Waals surface area contributed by atoms with E-state index in [-0.39, 0.29) is 17.6 Å². The third-order valence-corrected chi connectivity index (χ3v) is 5.62. The van der Waals surface area contributed by atoms with Crippen LogP contribution >= 0.6 is 0 Å². The number of rotatable bonds is 5. The zero-order valence-electron chi connectivity index (χ0n) is 11.5. The molecule has 1 saturated heterocycles. The van der Waals surface area contributed by atoms with Crippen molar-refractivity contribution in [2.24, 2.45) is 4.99 Å². The molecule has 1 aromatic rings. The van der Waals surface area contributed by atoms with Crippen LogP contribution in [0.25, 0.3) is 0 Å². The fourth-order valence-electron chi connectivity index (χ4n) is 2.49. The van der Waals surface area contributed by atoms with E-state index in [0.717, 1.165) is 18.4 Å². The Morgan fingerprint density at radius 1 is 1.29 bits per heavy atom. The summed E-state index contributed by atoms with van der Waals surface area (Å²) in [4.78, 5) is 14.4. The van der Waals surface area contributed by atoms with Crippen LogP contribution in [0.1, 0.15) is 18.4 Å². The molecule has 1 aliphatic heterocycles. The first-order chi connectivity index (χ1) is 9.98. The number of ether oxygens (including phenoxy) is 2. The maximum atomic E-state index is 11.2. The van der Waals surface area contributed by atoms with Gasteiger partial charge in [0.1, 0.15) is 6.10 Å². The third-order valence-electron chi connectivity index (χ3n) is 3.86. The summed E-state index contributed by atoms with van der Waals surface area (Å²) in [5, 5.41) is 0. The van der Waals surface area contributed by atoms with E-state index in [2.05, 4.69) is 4.99 Å². The summed E-state index contributed by atoms with van der Waals surface area (Å²) < 4.78 is 33.3. The minimum Gasteiger partial charge on any atom is -0.493 e. The van der Waals surface area contributed by atoms with E-state index < -0.39 is 15.4 Å². The summed E-state index contributed by atoms with van der Waals surface area (Å²) in [6, 6.07) is 5.37. The highest BCUT2D eigenvalue weighted by molar-refractivity contribution is 7.92. The van der Waals surface area contributed by atoms with Crippen molar-refractivity contribution in [3.05, 3.63) is 23.8 Å². The zero-order chi connectivity index (χ0) is 15.1. The van der Waals surface area contributed by atoms with Crippen LogP contribution in [0.5, 0.6) is 11.5 Å². The van der Waals surface area contributed by atoms with Crippen molar-refractivity contribution in [2.45, 2.75) is 24.5 Å². The second-order valence-corrected chi connectivity index (χ2v) is 7.57. The van der Waals surface area contributed by atoms with Gasteiger partial charge in [-0.1, -0.05) is 6.07 Å². The second kappa shape index (κ2) is 4.86. The lowest BCUT2D eigenvalue weighted by atomic mass is 10.0. The average Bonchev–Trinajstić information content (AvgIpc) is 3.18. The summed E-state index contributed by atoms with van der Waals surface area (Å²) >= 11 is 0. The van der Waals surface area contributed by atoms with Gasteiger partial charge in [0.05, 0.1) is 24.2 Å². The predicted octanol–water partition coefficient (Wildman–Crippen LogP) is 1.20. The molecule has 1 aromatic carbocycles. The van der Waals surface area contributed by atoms with Crippen molar-refractivity contribution in [1.29, 1.82) is 0 Å². The van der Waals surface area contributed by atoms with Gasteiger partial charge in [-0.15, -0.1) is 0 Å². The van der Waals surface area contributed by atoms with Crippen molar-refractivity contribution >= 4 is 15.9 Å². The molecule has 0 amide bonds. The fraction of sp³-hybridized carbons (Fsp3) is 0.500. The largest absolute Gasteiger partial charge is 0.493 e. The first-order valence-corrected chi connectivity index (χ1v) is 8.45. The quantitative estimate of drug-likeness (QED) is 0.603. The number of hydrogen-bond acceptors (Lipinski definition) is 6. The first kappa shape index (κ1) is 14.1. The number of isocyanates is 1. The van der Waals surface area contributed by atoms with Crippen molar-refractivity contribution < 1.29 is 22.7 Å². The molecule has 1 saturated carbocycles. The standard InChI is InChI=1S/C14H15NO5S/c1-19-12-3-2-10(14(4-5-14)15-9-16)6-13(12)20-11-7-21(17,18)8-11/h2-3,6,11H,4-5,7-8H2,1H3. The first-order valence-electron chi connectivity index (χ1n) is 6.63. The van der Waals surface area contributed by atoms with E-state index in [9.17, 15) is 13.2 Å². The number of hydrogen-bond donors (Lipinski definition) is 0. The molecular weight excluding hydrogens is 294 g/mol. The van der Waals surface area contributed by atoms with Gasteiger partial charge in [-0.05, 0) is 30.5 Å².